The Morgan fingerprint density at radius 2 is 2.19 bits per heavy atom. The number of benzene rings is 1. The second kappa shape index (κ2) is 8.24. The number of carbonyl (C=O) groups excluding carboxylic acids is 1. The van der Waals surface area contributed by atoms with Crippen molar-refractivity contribution in [1.82, 2.24) is 26.1 Å². The van der Waals surface area contributed by atoms with Gasteiger partial charge in [0.25, 0.3) is 5.91 Å². The molecule has 0 spiro atoms. The first-order valence-corrected chi connectivity index (χ1v) is 10.3. The summed E-state index contributed by atoms with van der Waals surface area (Å²) in [5.41, 5.74) is 4.63. The van der Waals surface area contributed by atoms with Crippen molar-refractivity contribution < 1.29 is 9.63 Å². The van der Waals surface area contributed by atoms with Crippen molar-refractivity contribution in [1.29, 1.82) is 0 Å². The van der Waals surface area contributed by atoms with Gasteiger partial charge in [0.1, 0.15) is 0 Å². The molecule has 26 heavy (non-hydrogen) atoms. The molecule has 7 nitrogen and oxygen atoms in total. The highest BCUT2D eigenvalue weighted by molar-refractivity contribution is 8.00. The normalized spacial score (nSPS) is 33.0. The second-order valence-electron chi connectivity index (χ2n) is 7.18. The third-order valence-electron chi connectivity index (χ3n) is 5.25. The number of hydrogen-bond acceptors (Lipinski definition) is 7. The fourth-order valence-corrected chi connectivity index (χ4v) is 5.04. The fraction of sp³-hybridized carbons (Fsp3) is 0.611. The minimum absolute atomic E-state index is 0.00340. The van der Waals surface area contributed by atoms with E-state index in [0.29, 0.717) is 11.3 Å². The fourth-order valence-electron chi connectivity index (χ4n) is 3.85. The molecule has 0 radical (unpaired) electrons. The Kier molecular flexibility index (Phi) is 5.78. The summed E-state index contributed by atoms with van der Waals surface area (Å²) < 4.78 is 0. The van der Waals surface area contributed by atoms with Crippen molar-refractivity contribution in [3.05, 3.63) is 35.9 Å². The molecule has 0 aliphatic carbocycles. The molecule has 3 heterocycles. The molecule has 8 heteroatoms. The number of hydrazine groups is 1. The van der Waals surface area contributed by atoms with Gasteiger partial charge in [-0.25, -0.2) is 5.01 Å². The number of thioether (sulfide) groups is 1. The first kappa shape index (κ1) is 18.2. The molecule has 1 aromatic carbocycles. The lowest BCUT2D eigenvalue weighted by Crippen LogP contribution is -2.44. The standard InChI is InChI=1S/C18H27N5O2S/c1-22-15(17-9-19-12-26-17)7-16(25-22)18(24)21-14-8-20-23(11-14)10-13-5-3-2-4-6-13/h2-6,14-17,19-20H,7-12H2,1H3,(H,21,24). The lowest BCUT2D eigenvalue weighted by atomic mass is 10.1. The van der Waals surface area contributed by atoms with Crippen LogP contribution in [0.4, 0.5) is 0 Å². The van der Waals surface area contributed by atoms with Crippen molar-refractivity contribution in [3.8, 4) is 0 Å². The number of rotatable bonds is 5. The Labute approximate surface area is 158 Å². The van der Waals surface area contributed by atoms with Gasteiger partial charge in [-0.1, -0.05) is 30.3 Å². The molecule has 4 rings (SSSR count). The van der Waals surface area contributed by atoms with Gasteiger partial charge in [0.05, 0.1) is 12.1 Å². The molecular formula is C18H27N5O2S. The quantitative estimate of drug-likeness (QED) is 0.675. The summed E-state index contributed by atoms with van der Waals surface area (Å²) in [6.07, 6.45) is 0.379. The van der Waals surface area contributed by atoms with Gasteiger partial charge in [-0.2, -0.15) is 5.06 Å². The van der Waals surface area contributed by atoms with Crippen LogP contribution in [0.1, 0.15) is 12.0 Å². The third-order valence-corrected chi connectivity index (χ3v) is 6.53. The summed E-state index contributed by atoms with van der Waals surface area (Å²) in [6, 6.07) is 10.8. The molecule has 3 aliphatic rings. The molecule has 3 aliphatic heterocycles. The summed E-state index contributed by atoms with van der Waals surface area (Å²) in [6.45, 7) is 3.38. The lowest BCUT2D eigenvalue weighted by Gasteiger charge is -2.21. The minimum atomic E-state index is -0.380. The van der Waals surface area contributed by atoms with Crippen molar-refractivity contribution in [3.63, 3.8) is 0 Å². The maximum Gasteiger partial charge on any atom is 0.251 e. The van der Waals surface area contributed by atoms with E-state index in [1.54, 1.807) is 0 Å². The first-order valence-electron chi connectivity index (χ1n) is 9.24. The van der Waals surface area contributed by atoms with E-state index in [9.17, 15) is 4.79 Å². The van der Waals surface area contributed by atoms with Gasteiger partial charge in [0, 0.05) is 50.8 Å². The van der Waals surface area contributed by atoms with Crippen molar-refractivity contribution >= 4 is 17.7 Å². The van der Waals surface area contributed by atoms with Crippen LogP contribution in [0.15, 0.2) is 30.3 Å². The van der Waals surface area contributed by atoms with Gasteiger partial charge in [-0.15, -0.1) is 11.8 Å². The predicted octanol–water partition coefficient (Wildman–Crippen LogP) is 0.158. The maximum atomic E-state index is 12.6. The Morgan fingerprint density at radius 3 is 2.96 bits per heavy atom. The van der Waals surface area contributed by atoms with E-state index in [2.05, 4.69) is 33.2 Å². The topological polar surface area (TPSA) is 68.9 Å². The van der Waals surface area contributed by atoms with E-state index >= 15 is 0 Å². The second-order valence-corrected chi connectivity index (χ2v) is 8.41. The minimum Gasteiger partial charge on any atom is -0.348 e. The number of carbonyl (C=O) groups is 1. The average molecular weight is 378 g/mol. The molecule has 3 N–H and O–H groups in total. The van der Waals surface area contributed by atoms with Crippen LogP contribution < -0.4 is 16.1 Å². The molecule has 142 valence electrons. The molecule has 0 aromatic heterocycles. The zero-order valence-corrected chi connectivity index (χ0v) is 15.9. The zero-order valence-electron chi connectivity index (χ0n) is 15.1. The summed E-state index contributed by atoms with van der Waals surface area (Å²) in [7, 11) is 1.94. The largest absolute Gasteiger partial charge is 0.348 e. The van der Waals surface area contributed by atoms with Crippen LogP contribution in [0.3, 0.4) is 0 Å². The van der Waals surface area contributed by atoms with E-state index < -0.39 is 0 Å². The molecule has 0 bridgehead atoms. The van der Waals surface area contributed by atoms with E-state index in [-0.39, 0.29) is 18.1 Å². The molecule has 1 aromatic rings. The first-order chi connectivity index (χ1) is 12.7. The number of amides is 1. The van der Waals surface area contributed by atoms with Gasteiger partial charge < -0.3 is 10.6 Å². The van der Waals surface area contributed by atoms with Crippen molar-refractivity contribution in [2.24, 2.45) is 0 Å². The highest BCUT2D eigenvalue weighted by Crippen LogP contribution is 2.30. The van der Waals surface area contributed by atoms with Gasteiger partial charge in [-0.3, -0.25) is 15.1 Å². The molecule has 0 saturated carbocycles. The molecule has 4 atom stereocenters. The van der Waals surface area contributed by atoms with E-state index in [0.717, 1.165) is 38.5 Å². The van der Waals surface area contributed by atoms with Crippen LogP contribution in [0.25, 0.3) is 0 Å². The van der Waals surface area contributed by atoms with Gasteiger partial charge in [0.2, 0.25) is 0 Å². The number of hydroxylamine groups is 2. The Bertz CT molecular complexity index is 613. The van der Waals surface area contributed by atoms with Crippen LogP contribution in [0, 0.1) is 0 Å². The third kappa shape index (κ3) is 4.21. The van der Waals surface area contributed by atoms with Crippen LogP contribution in [0.2, 0.25) is 0 Å². The van der Waals surface area contributed by atoms with Gasteiger partial charge in [0.15, 0.2) is 6.10 Å². The Balaban J connectivity index is 1.25. The number of hydrogen-bond donors (Lipinski definition) is 3. The summed E-state index contributed by atoms with van der Waals surface area (Å²) in [5.74, 6) is 0.986. The molecule has 1 amide bonds. The van der Waals surface area contributed by atoms with Gasteiger partial charge >= 0.3 is 0 Å². The maximum absolute atomic E-state index is 12.6. The van der Waals surface area contributed by atoms with Crippen LogP contribution in [0.5, 0.6) is 0 Å². The molecular weight excluding hydrogens is 350 g/mol. The van der Waals surface area contributed by atoms with Gasteiger partial charge in [-0.05, 0) is 5.56 Å². The zero-order chi connectivity index (χ0) is 17.9. The smallest absolute Gasteiger partial charge is 0.251 e. The van der Waals surface area contributed by atoms with E-state index in [1.165, 1.54) is 5.56 Å². The monoisotopic (exact) mass is 377 g/mol. The highest BCUT2D eigenvalue weighted by atomic mass is 32.2. The molecule has 3 fully saturated rings. The average Bonchev–Trinajstić information content (AvgIpc) is 3.37. The van der Waals surface area contributed by atoms with Crippen LogP contribution >= 0.6 is 11.8 Å². The Morgan fingerprint density at radius 1 is 1.35 bits per heavy atom. The summed E-state index contributed by atoms with van der Waals surface area (Å²) in [5, 5.41) is 11.0. The number of nitrogens with one attached hydrogen (secondary N) is 3. The SMILES string of the molecule is CN1OC(C(=O)NC2CNN(Cc3ccccc3)C2)CC1C1CNCS1. The van der Waals surface area contributed by atoms with E-state index in [1.807, 2.05) is 42.1 Å². The predicted molar refractivity (Wildman–Crippen MR) is 102 cm³/mol. The van der Waals surface area contributed by atoms with Crippen molar-refractivity contribution in [2.75, 3.05) is 32.6 Å². The van der Waals surface area contributed by atoms with Crippen LogP contribution in [-0.2, 0) is 16.2 Å². The van der Waals surface area contributed by atoms with E-state index in [4.69, 9.17) is 4.84 Å². The van der Waals surface area contributed by atoms with Crippen LogP contribution in [-0.4, -0.2) is 72.0 Å². The van der Waals surface area contributed by atoms with Crippen molar-refractivity contribution in [2.45, 2.75) is 36.4 Å². The number of nitrogens with zero attached hydrogens (tertiary/aromatic N) is 2. The lowest BCUT2D eigenvalue weighted by molar-refractivity contribution is -0.163. The highest BCUT2D eigenvalue weighted by Gasteiger charge is 2.41. The molecule has 4 unspecified atom stereocenters. The Hall–Kier alpha value is -1.16. The summed E-state index contributed by atoms with van der Waals surface area (Å²) >= 11 is 1.91. The summed E-state index contributed by atoms with van der Waals surface area (Å²) in [4.78, 5) is 18.5. The molecule has 3 saturated heterocycles.